The number of rotatable bonds is 4. The molecule has 4 aromatic rings. The van der Waals surface area contributed by atoms with Crippen molar-refractivity contribution < 1.29 is 4.79 Å². The summed E-state index contributed by atoms with van der Waals surface area (Å²) in [5.41, 5.74) is 5.62. The maximum atomic E-state index is 12.6. The fraction of sp³-hybridized carbons (Fsp3) is 0.286. The van der Waals surface area contributed by atoms with E-state index < -0.39 is 0 Å². The molecular weight excluding hydrogens is 366 g/mol. The van der Waals surface area contributed by atoms with Gasteiger partial charge in [0, 0.05) is 25.5 Å². The molecule has 0 spiro atoms. The van der Waals surface area contributed by atoms with Crippen LogP contribution in [-0.2, 0) is 26.6 Å². The van der Waals surface area contributed by atoms with E-state index in [4.69, 9.17) is 0 Å². The Labute approximate surface area is 167 Å². The summed E-state index contributed by atoms with van der Waals surface area (Å²) >= 11 is 0. The van der Waals surface area contributed by atoms with E-state index in [1.807, 2.05) is 43.6 Å². The molecule has 0 aliphatic carbocycles. The van der Waals surface area contributed by atoms with E-state index in [-0.39, 0.29) is 5.91 Å². The average Bonchev–Trinajstić information content (AvgIpc) is 3.37. The number of aromatic amines is 1. The first-order valence-corrected chi connectivity index (χ1v) is 9.83. The number of amides is 1. The first-order valence-electron chi connectivity index (χ1n) is 9.83. The Morgan fingerprint density at radius 2 is 2.21 bits per heavy atom. The van der Waals surface area contributed by atoms with Crippen LogP contribution in [0.1, 0.15) is 34.0 Å². The van der Waals surface area contributed by atoms with E-state index >= 15 is 0 Å². The molecule has 0 unspecified atom stereocenters. The maximum absolute atomic E-state index is 12.6. The van der Waals surface area contributed by atoms with Gasteiger partial charge in [0.05, 0.1) is 29.5 Å². The lowest BCUT2D eigenvalue weighted by Gasteiger charge is -2.03. The SMILES string of the molecule is Cn1c(Cn2cc(NC(=O)c3cc4c([nH]3)CCCNC4)cn2)nc2ccccc21. The van der Waals surface area contributed by atoms with Crippen LogP contribution in [0, 0.1) is 0 Å². The minimum atomic E-state index is -0.152. The molecule has 0 atom stereocenters. The standard InChI is InChI=1S/C21H23N7O/c1-27-19-7-3-2-5-17(19)26-20(27)13-28-12-15(11-23-28)24-21(29)18-9-14-10-22-8-4-6-16(14)25-18/h2-3,5,7,9,11-12,22,25H,4,6,8,10,13H2,1H3,(H,24,29). The molecule has 0 fully saturated rings. The summed E-state index contributed by atoms with van der Waals surface area (Å²) in [5.74, 6) is 0.758. The van der Waals surface area contributed by atoms with Gasteiger partial charge >= 0.3 is 0 Å². The van der Waals surface area contributed by atoms with Crippen molar-refractivity contribution in [3.05, 3.63) is 65.5 Å². The fourth-order valence-electron chi connectivity index (χ4n) is 3.85. The van der Waals surface area contributed by atoms with Gasteiger partial charge in [0.2, 0.25) is 0 Å². The van der Waals surface area contributed by atoms with Gasteiger partial charge in [-0.2, -0.15) is 5.10 Å². The van der Waals surface area contributed by atoms with Crippen molar-refractivity contribution in [2.24, 2.45) is 7.05 Å². The Balaban J connectivity index is 1.30. The number of nitrogens with one attached hydrogen (secondary N) is 3. The number of aromatic nitrogens is 5. The minimum absolute atomic E-state index is 0.152. The number of carbonyl (C=O) groups is 1. The first kappa shape index (κ1) is 17.7. The molecule has 4 heterocycles. The second kappa shape index (κ2) is 7.21. The smallest absolute Gasteiger partial charge is 0.272 e. The third-order valence-electron chi connectivity index (χ3n) is 5.41. The number of H-pyrrole nitrogens is 1. The third kappa shape index (κ3) is 3.42. The number of aryl methyl sites for hydroxylation is 2. The van der Waals surface area contributed by atoms with Crippen LogP contribution in [0.5, 0.6) is 0 Å². The Hall–Kier alpha value is -3.39. The summed E-state index contributed by atoms with van der Waals surface area (Å²) in [6, 6.07) is 9.98. The summed E-state index contributed by atoms with van der Waals surface area (Å²) in [6.07, 6.45) is 5.53. The van der Waals surface area contributed by atoms with Crippen LogP contribution in [0.3, 0.4) is 0 Å². The van der Waals surface area contributed by atoms with Crippen molar-refractivity contribution in [3.63, 3.8) is 0 Å². The lowest BCUT2D eigenvalue weighted by atomic mass is 10.2. The number of nitrogens with zero attached hydrogens (tertiary/aromatic N) is 4. The average molecular weight is 389 g/mol. The van der Waals surface area contributed by atoms with Gasteiger partial charge in [0.1, 0.15) is 11.5 Å². The largest absolute Gasteiger partial charge is 0.354 e. The highest BCUT2D eigenvalue weighted by Crippen LogP contribution is 2.18. The highest BCUT2D eigenvalue weighted by molar-refractivity contribution is 6.03. The van der Waals surface area contributed by atoms with Gasteiger partial charge < -0.3 is 20.2 Å². The van der Waals surface area contributed by atoms with Gasteiger partial charge in [0.25, 0.3) is 5.91 Å². The number of benzene rings is 1. The molecule has 3 N–H and O–H groups in total. The van der Waals surface area contributed by atoms with Crippen molar-refractivity contribution in [1.29, 1.82) is 0 Å². The Bertz CT molecular complexity index is 1160. The number of hydrogen-bond acceptors (Lipinski definition) is 4. The van der Waals surface area contributed by atoms with Crippen LogP contribution in [0.25, 0.3) is 11.0 Å². The number of hydrogen-bond donors (Lipinski definition) is 3. The Morgan fingerprint density at radius 1 is 1.31 bits per heavy atom. The number of anilines is 1. The lowest BCUT2D eigenvalue weighted by molar-refractivity contribution is 0.102. The number of fused-ring (bicyclic) bond motifs is 2. The van der Waals surface area contributed by atoms with Crippen LogP contribution in [0.4, 0.5) is 5.69 Å². The second-order valence-corrected chi connectivity index (χ2v) is 7.42. The van der Waals surface area contributed by atoms with Crippen LogP contribution in [-0.4, -0.2) is 36.8 Å². The molecule has 1 aliphatic heterocycles. The van der Waals surface area contributed by atoms with Crippen LogP contribution < -0.4 is 10.6 Å². The normalized spacial score (nSPS) is 14.0. The molecule has 8 nitrogen and oxygen atoms in total. The van der Waals surface area contributed by atoms with Crippen molar-refractivity contribution in [3.8, 4) is 0 Å². The van der Waals surface area contributed by atoms with Gasteiger partial charge in [-0.3, -0.25) is 9.48 Å². The van der Waals surface area contributed by atoms with Gasteiger partial charge in [-0.15, -0.1) is 0 Å². The van der Waals surface area contributed by atoms with Gasteiger partial charge in [-0.25, -0.2) is 4.98 Å². The van der Waals surface area contributed by atoms with E-state index in [1.165, 1.54) is 5.56 Å². The molecule has 29 heavy (non-hydrogen) atoms. The predicted octanol–water partition coefficient (Wildman–Crippen LogP) is 2.43. The van der Waals surface area contributed by atoms with Crippen molar-refractivity contribution in [2.75, 3.05) is 11.9 Å². The van der Waals surface area contributed by atoms with E-state index in [1.54, 1.807) is 10.9 Å². The maximum Gasteiger partial charge on any atom is 0.272 e. The second-order valence-electron chi connectivity index (χ2n) is 7.42. The topological polar surface area (TPSA) is 92.6 Å². The molecule has 148 valence electrons. The fourth-order valence-corrected chi connectivity index (χ4v) is 3.85. The van der Waals surface area contributed by atoms with Gasteiger partial charge in [-0.05, 0) is 43.1 Å². The number of imidazole rings is 1. The molecule has 0 saturated heterocycles. The molecule has 3 aromatic heterocycles. The van der Waals surface area contributed by atoms with Gasteiger partial charge in [0.15, 0.2) is 0 Å². The van der Waals surface area contributed by atoms with E-state index in [2.05, 4.69) is 30.3 Å². The summed E-state index contributed by atoms with van der Waals surface area (Å²) < 4.78 is 3.85. The zero-order valence-corrected chi connectivity index (χ0v) is 16.3. The molecule has 1 amide bonds. The highest BCUT2D eigenvalue weighted by Gasteiger charge is 2.16. The molecule has 1 aromatic carbocycles. The van der Waals surface area contributed by atoms with Crippen LogP contribution in [0.2, 0.25) is 0 Å². The van der Waals surface area contributed by atoms with E-state index in [0.717, 1.165) is 48.5 Å². The Morgan fingerprint density at radius 3 is 3.10 bits per heavy atom. The molecule has 0 saturated carbocycles. The molecular formula is C21H23N7O. The minimum Gasteiger partial charge on any atom is -0.354 e. The van der Waals surface area contributed by atoms with Gasteiger partial charge in [-0.1, -0.05) is 12.1 Å². The van der Waals surface area contributed by atoms with Crippen LogP contribution >= 0.6 is 0 Å². The molecule has 8 heteroatoms. The van der Waals surface area contributed by atoms with Crippen molar-refractivity contribution in [2.45, 2.75) is 25.9 Å². The molecule has 5 rings (SSSR count). The van der Waals surface area contributed by atoms with Crippen LogP contribution in [0.15, 0.2) is 42.7 Å². The highest BCUT2D eigenvalue weighted by atomic mass is 16.1. The first-order chi connectivity index (χ1) is 14.2. The zero-order chi connectivity index (χ0) is 19.8. The number of carbonyl (C=O) groups excluding carboxylic acids is 1. The summed E-state index contributed by atoms with van der Waals surface area (Å²) in [6.45, 7) is 2.34. The monoisotopic (exact) mass is 389 g/mol. The predicted molar refractivity (Wildman–Crippen MR) is 111 cm³/mol. The molecule has 1 aliphatic rings. The Kier molecular flexibility index (Phi) is 4.40. The van der Waals surface area contributed by atoms with E-state index in [9.17, 15) is 4.79 Å². The summed E-state index contributed by atoms with van der Waals surface area (Å²) in [5, 5.41) is 10.7. The zero-order valence-electron chi connectivity index (χ0n) is 16.3. The number of para-hydroxylation sites is 2. The molecule has 0 radical (unpaired) electrons. The van der Waals surface area contributed by atoms with Crippen molar-refractivity contribution in [1.82, 2.24) is 29.6 Å². The summed E-state index contributed by atoms with van der Waals surface area (Å²) in [4.78, 5) is 20.6. The molecule has 0 bridgehead atoms. The lowest BCUT2D eigenvalue weighted by Crippen LogP contribution is -2.13. The third-order valence-corrected chi connectivity index (χ3v) is 5.41. The van der Waals surface area contributed by atoms with Crippen molar-refractivity contribution >= 4 is 22.6 Å². The van der Waals surface area contributed by atoms with E-state index in [0.29, 0.717) is 17.9 Å². The summed E-state index contributed by atoms with van der Waals surface area (Å²) in [7, 11) is 2.00. The quantitative estimate of drug-likeness (QED) is 0.500.